The van der Waals surface area contributed by atoms with Gasteiger partial charge in [-0.2, -0.15) is 0 Å². The highest BCUT2D eigenvalue weighted by Crippen LogP contribution is 2.36. The predicted molar refractivity (Wildman–Crippen MR) is 66.8 cm³/mol. The van der Waals surface area contributed by atoms with Gasteiger partial charge in [0.05, 0.1) is 5.54 Å². The molecule has 0 bridgehead atoms. The van der Waals surface area contributed by atoms with E-state index in [1.165, 1.54) is 0 Å². The van der Waals surface area contributed by atoms with Crippen molar-refractivity contribution in [1.29, 1.82) is 0 Å². The lowest BCUT2D eigenvalue weighted by Crippen LogP contribution is -2.67. The molecule has 17 heavy (non-hydrogen) atoms. The van der Waals surface area contributed by atoms with Crippen LogP contribution >= 0.6 is 0 Å². The van der Waals surface area contributed by atoms with Gasteiger partial charge in [0, 0.05) is 19.6 Å². The van der Waals surface area contributed by atoms with Crippen molar-refractivity contribution in [3.05, 3.63) is 0 Å². The van der Waals surface area contributed by atoms with E-state index in [1.54, 1.807) is 4.90 Å². The number of likely N-dealkylation sites (N-methyl/N-ethyl adjacent to an activating group) is 1. The SMILES string of the molecule is CCNC.CN1CC2(CCCN2C(=O)C=O)C1. The van der Waals surface area contributed by atoms with E-state index in [1.807, 2.05) is 14.1 Å². The minimum Gasteiger partial charge on any atom is -0.328 e. The maximum Gasteiger partial charge on any atom is 0.287 e. The second kappa shape index (κ2) is 6.12. The Morgan fingerprint density at radius 1 is 1.47 bits per heavy atom. The van der Waals surface area contributed by atoms with Crippen LogP contribution in [-0.2, 0) is 9.59 Å². The van der Waals surface area contributed by atoms with Crippen molar-refractivity contribution < 1.29 is 9.59 Å². The number of nitrogens with zero attached hydrogens (tertiary/aromatic N) is 2. The van der Waals surface area contributed by atoms with Gasteiger partial charge in [-0.3, -0.25) is 9.59 Å². The van der Waals surface area contributed by atoms with E-state index >= 15 is 0 Å². The Bertz CT molecular complexity index is 273. The van der Waals surface area contributed by atoms with Gasteiger partial charge in [-0.15, -0.1) is 0 Å². The Labute approximate surface area is 103 Å². The molecule has 5 heteroatoms. The normalized spacial score (nSPS) is 21.7. The smallest absolute Gasteiger partial charge is 0.287 e. The van der Waals surface area contributed by atoms with Gasteiger partial charge in [0.25, 0.3) is 5.91 Å². The minimum atomic E-state index is -0.342. The third-order valence-electron chi connectivity index (χ3n) is 3.45. The van der Waals surface area contributed by atoms with Gasteiger partial charge in [-0.1, -0.05) is 6.92 Å². The molecule has 0 radical (unpaired) electrons. The van der Waals surface area contributed by atoms with Crippen molar-refractivity contribution in [1.82, 2.24) is 15.1 Å². The van der Waals surface area contributed by atoms with E-state index < -0.39 is 0 Å². The Kier molecular flexibility index (Phi) is 5.08. The van der Waals surface area contributed by atoms with Gasteiger partial charge in [-0.05, 0) is 33.5 Å². The first-order valence-electron chi connectivity index (χ1n) is 6.19. The van der Waals surface area contributed by atoms with Gasteiger partial charge in [0.15, 0.2) is 0 Å². The van der Waals surface area contributed by atoms with Gasteiger partial charge >= 0.3 is 0 Å². The number of hydrogen-bond acceptors (Lipinski definition) is 4. The minimum absolute atomic E-state index is 0.00669. The zero-order valence-corrected chi connectivity index (χ0v) is 11.0. The van der Waals surface area contributed by atoms with Crippen molar-refractivity contribution in [3.8, 4) is 0 Å². The summed E-state index contributed by atoms with van der Waals surface area (Å²) in [5, 5.41) is 2.93. The first-order chi connectivity index (χ1) is 8.09. The summed E-state index contributed by atoms with van der Waals surface area (Å²) < 4.78 is 0. The number of likely N-dealkylation sites (tertiary alicyclic amines) is 2. The van der Waals surface area contributed by atoms with E-state index in [-0.39, 0.29) is 11.4 Å². The molecule has 5 nitrogen and oxygen atoms in total. The third kappa shape index (κ3) is 3.04. The quantitative estimate of drug-likeness (QED) is 0.533. The van der Waals surface area contributed by atoms with E-state index in [0.717, 1.165) is 39.0 Å². The highest BCUT2D eigenvalue weighted by atomic mass is 16.2. The van der Waals surface area contributed by atoms with Crippen molar-refractivity contribution in [2.75, 3.05) is 40.3 Å². The van der Waals surface area contributed by atoms with Gasteiger partial charge in [-0.25, -0.2) is 0 Å². The monoisotopic (exact) mass is 241 g/mol. The zero-order valence-electron chi connectivity index (χ0n) is 11.0. The fourth-order valence-electron chi connectivity index (χ4n) is 2.63. The number of carbonyl (C=O) groups is 2. The summed E-state index contributed by atoms with van der Waals surface area (Å²) in [4.78, 5) is 25.6. The van der Waals surface area contributed by atoms with E-state index in [2.05, 4.69) is 17.1 Å². The molecule has 1 spiro atoms. The van der Waals surface area contributed by atoms with Crippen LogP contribution in [-0.4, -0.2) is 67.8 Å². The molecule has 2 fully saturated rings. The molecular formula is C12H23N3O2. The van der Waals surface area contributed by atoms with Crippen LogP contribution in [0, 0.1) is 0 Å². The average Bonchev–Trinajstić information content (AvgIpc) is 2.72. The predicted octanol–water partition coefficient (Wildman–Crippen LogP) is -0.282. The van der Waals surface area contributed by atoms with Crippen molar-refractivity contribution in [3.63, 3.8) is 0 Å². The lowest BCUT2D eigenvalue weighted by molar-refractivity contribution is -0.146. The van der Waals surface area contributed by atoms with Crippen LogP contribution in [0.15, 0.2) is 0 Å². The van der Waals surface area contributed by atoms with Crippen LogP contribution in [0.25, 0.3) is 0 Å². The molecule has 0 saturated carbocycles. The molecule has 98 valence electrons. The van der Waals surface area contributed by atoms with Crippen molar-refractivity contribution >= 4 is 12.2 Å². The molecule has 0 atom stereocenters. The van der Waals surface area contributed by atoms with Crippen LogP contribution in [0.5, 0.6) is 0 Å². The highest BCUT2D eigenvalue weighted by Gasteiger charge is 2.50. The third-order valence-corrected chi connectivity index (χ3v) is 3.45. The number of aldehydes is 1. The van der Waals surface area contributed by atoms with Gasteiger partial charge in [0.2, 0.25) is 6.29 Å². The summed E-state index contributed by atoms with van der Waals surface area (Å²) in [5.41, 5.74) is 0.00669. The maximum absolute atomic E-state index is 11.3. The number of rotatable bonds is 2. The topological polar surface area (TPSA) is 52.6 Å². The lowest BCUT2D eigenvalue weighted by Gasteiger charge is -2.50. The molecule has 0 aliphatic carbocycles. The summed E-state index contributed by atoms with van der Waals surface area (Å²) in [5.74, 6) is -0.342. The first-order valence-corrected chi connectivity index (χ1v) is 6.19. The van der Waals surface area contributed by atoms with E-state index in [9.17, 15) is 9.59 Å². The summed E-state index contributed by atoms with van der Waals surface area (Å²) in [6.07, 6.45) is 2.52. The summed E-state index contributed by atoms with van der Waals surface area (Å²) in [6, 6.07) is 0. The molecule has 2 heterocycles. The first kappa shape index (κ1) is 14.1. The number of hydrogen-bond donors (Lipinski definition) is 1. The largest absolute Gasteiger partial charge is 0.328 e. The van der Waals surface area contributed by atoms with E-state index in [0.29, 0.717) is 6.29 Å². The molecule has 0 aromatic rings. The standard InChI is InChI=1S/C9H14N2O2.C3H9N/c1-10-6-9(7-10)3-2-4-11(9)8(13)5-12;1-3-4-2/h5H,2-4,6-7H2,1H3;4H,3H2,1-2H3. The van der Waals surface area contributed by atoms with Gasteiger partial charge < -0.3 is 15.1 Å². The van der Waals surface area contributed by atoms with Crippen LogP contribution in [0.4, 0.5) is 0 Å². The van der Waals surface area contributed by atoms with Crippen molar-refractivity contribution in [2.45, 2.75) is 25.3 Å². The maximum atomic E-state index is 11.3. The van der Waals surface area contributed by atoms with Gasteiger partial charge in [0.1, 0.15) is 0 Å². The molecule has 2 rings (SSSR count). The molecule has 1 amide bonds. The fraction of sp³-hybridized carbons (Fsp3) is 0.833. The Hall–Kier alpha value is -0.940. The Morgan fingerprint density at radius 2 is 2.06 bits per heavy atom. The number of nitrogens with one attached hydrogen (secondary N) is 1. The molecule has 0 aromatic heterocycles. The Balaban J connectivity index is 0.000000317. The Morgan fingerprint density at radius 3 is 2.47 bits per heavy atom. The molecular weight excluding hydrogens is 218 g/mol. The molecule has 0 aromatic carbocycles. The number of carbonyl (C=O) groups excluding carboxylic acids is 2. The second-order valence-electron chi connectivity index (χ2n) is 4.82. The van der Waals surface area contributed by atoms with Crippen LogP contribution < -0.4 is 5.32 Å². The summed E-state index contributed by atoms with van der Waals surface area (Å²) >= 11 is 0. The zero-order chi connectivity index (χ0) is 12.9. The average molecular weight is 241 g/mol. The molecule has 2 aliphatic heterocycles. The molecule has 0 unspecified atom stereocenters. The fourth-order valence-corrected chi connectivity index (χ4v) is 2.63. The van der Waals surface area contributed by atoms with Crippen molar-refractivity contribution in [2.24, 2.45) is 0 Å². The van der Waals surface area contributed by atoms with E-state index in [4.69, 9.17) is 0 Å². The van der Waals surface area contributed by atoms with Crippen LogP contribution in [0.3, 0.4) is 0 Å². The molecule has 2 aliphatic rings. The second-order valence-corrected chi connectivity index (χ2v) is 4.82. The van der Waals surface area contributed by atoms with Crippen LogP contribution in [0.1, 0.15) is 19.8 Å². The van der Waals surface area contributed by atoms with Crippen LogP contribution in [0.2, 0.25) is 0 Å². The highest BCUT2D eigenvalue weighted by molar-refractivity contribution is 6.23. The summed E-state index contributed by atoms with van der Waals surface area (Å²) in [7, 11) is 3.97. The summed E-state index contributed by atoms with van der Waals surface area (Å²) in [6.45, 7) is 5.74. The number of amides is 1. The molecule has 2 saturated heterocycles. The lowest BCUT2D eigenvalue weighted by atomic mass is 9.87. The molecule has 1 N–H and O–H groups in total.